The van der Waals surface area contributed by atoms with Gasteiger partial charge in [0.1, 0.15) is 4.75 Å². The summed E-state index contributed by atoms with van der Waals surface area (Å²) in [4.78, 5) is 16.0. The van der Waals surface area contributed by atoms with Gasteiger partial charge in [-0.2, -0.15) is 5.26 Å². The predicted molar refractivity (Wildman–Crippen MR) is 87.6 cm³/mol. The van der Waals surface area contributed by atoms with Crippen LogP contribution in [0.2, 0.25) is 0 Å². The number of hydrogen-bond donors (Lipinski definition) is 0. The third-order valence-electron chi connectivity index (χ3n) is 4.48. The highest BCUT2D eigenvalue weighted by Crippen LogP contribution is 2.41. The number of nitriles is 1. The van der Waals surface area contributed by atoms with Crippen LogP contribution in [-0.4, -0.2) is 40.7 Å². The molecule has 5 heteroatoms. The molecule has 3 nitrogen and oxygen atoms in total. The molecule has 1 aromatic carbocycles. The van der Waals surface area contributed by atoms with Crippen LogP contribution in [0.1, 0.15) is 24.3 Å². The first-order valence-electron chi connectivity index (χ1n) is 7.16. The van der Waals surface area contributed by atoms with E-state index < -0.39 is 0 Å². The van der Waals surface area contributed by atoms with Gasteiger partial charge in [-0.3, -0.25) is 4.79 Å². The van der Waals surface area contributed by atoms with Crippen LogP contribution < -0.4 is 0 Å². The molecule has 0 aromatic heterocycles. The van der Waals surface area contributed by atoms with Crippen molar-refractivity contribution < 1.29 is 4.79 Å². The molecule has 2 aliphatic rings. The average molecular weight is 318 g/mol. The fourth-order valence-corrected chi connectivity index (χ4v) is 4.94. The Hall–Kier alpha value is -1.12. The molecule has 1 unspecified atom stereocenters. The van der Waals surface area contributed by atoms with Gasteiger partial charge < -0.3 is 4.90 Å². The van der Waals surface area contributed by atoms with E-state index in [1.807, 2.05) is 23.3 Å². The lowest BCUT2D eigenvalue weighted by Crippen LogP contribution is -2.46. The monoisotopic (exact) mass is 318 g/mol. The number of benzene rings is 1. The molecule has 0 radical (unpaired) electrons. The minimum absolute atomic E-state index is 0.00457. The first-order chi connectivity index (χ1) is 10.2. The van der Waals surface area contributed by atoms with Gasteiger partial charge in [0.2, 0.25) is 5.91 Å². The molecular formula is C16H18N2OS2. The van der Waals surface area contributed by atoms with Gasteiger partial charge in [0, 0.05) is 23.7 Å². The van der Waals surface area contributed by atoms with E-state index in [-0.39, 0.29) is 16.6 Å². The largest absolute Gasteiger partial charge is 0.342 e. The van der Waals surface area contributed by atoms with Crippen molar-refractivity contribution in [2.75, 3.05) is 25.1 Å². The third-order valence-corrected chi connectivity index (χ3v) is 6.94. The van der Waals surface area contributed by atoms with Gasteiger partial charge >= 0.3 is 0 Å². The minimum atomic E-state index is -0.293. The topological polar surface area (TPSA) is 44.1 Å². The van der Waals surface area contributed by atoms with Crippen LogP contribution in [0.5, 0.6) is 0 Å². The van der Waals surface area contributed by atoms with Gasteiger partial charge in [0.05, 0.1) is 12.0 Å². The normalized spacial score (nSPS) is 23.4. The van der Waals surface area contributed by atoms with E-state index in [2.05, 4.69) is 18.2 Å². The third kappa shape index (κ3) is 2.67. The molecule has 110 valence electrons. The number of nitrogens with zero attached hydrogens (tertiary/aromatic N) is 2. The Balaban J connectivity index is 1.70. The standard InChI is InChI=1S/C16H18N2OS2/c1-20-16(11-17)6-8-18(9-7-16)15(19)13-10-21-14-5-3-2-4-12(13)14/h2-5,13H,6-10H2,1H3. The Morgan fingerprint density at radius 2 is 2.14 bits per heavy atom. The summed E-state index contributed by atoms with van der Waals surface area (Å²) in [5.74, 6) is 1.08. The van der Waals surface area contributed by atoms with Crippen LogP contribution in [0.4, 0.5) is 0 Å². The second kappa shape index (κ2) is 5.94. The molecule has 1 fully saturated rings. The van der Waals surface area contributed by atoms with Crippen LogP contribution in [0.15, 0.2) is 29.2 Å². The van der Waals surface area contributed by atoms with Gasteiger partial charge in [-0.15, -0.1) is 23.5 Å². The van der Waals surface area contributed by atoms with Crippen molar-refractivity contribution in [3.05, 3.63) is 29.8 Å². The van der Waals surface area contributed by atoms with E-state index in [0.717, 1.165) is 18.6 Å². The number of carbonyl (C=O) groups is 1. The molecule has 0 saturated carbocycles. The van der Waals surface area contributed by atoms with Crippen LogP contribution in [0.25, 0.3) is 0 Å². The Labute approximate surface area is 134 Å². The molecule has 0 spiro atoms. The van der Waals surface area contributed by atoms with E-state index in [0.29, 0.717) is 13.1 Å². The molecule has 1 saturated heterocycles. The Kier molecular flexibility index (Phi) is 4.19. The van der Waals surface area contributed by atoms with Crippen LogP contribution in [0.3, 0.4) is 0 Å². The smallest absolute Gasteiger partial charge is 0.231 e. The summed E-state index contributed by atoms with van der Waals surface area (Å²) in [7, 11) is 0. The number of amides is 1. The van der Waals surface area contributed by atoms with Crippen LogP contribution in [0, 0.1) is 11.3 Å². The quantitative estimate of drug-likeness (QED) is 0.840. The van der Waals surface area contributed by atoms with Crippen molar-refractivity contribution in [2.24, 2.45) is 0 Å². The van der Waals surface area contributed by atoms with Gasteiger partial charge in [0.15, 0.2) is 0 Å². The Bertz CT molecular complexity index is 588. The van der Waals surface area contributed by atoms with E-state index in [9.17, 15) is 10.1 Å². The van der Waals surface area contributed by atoms with Gasteiger partial charge in [0.25, 0.3) is 0 Å². The fourth-order valence-electron chi connectivity index (χ4n) is 3.04. The molecule has 2 heterocycles. The summed E-state index contributed by atoms with van der Waals surface area (Å²) in [6, 6.07) is 10.6. The summed E-state index contributed by atoms with van der Waals surface area (Å²) in [6.07, 6.45) is 3.54. The van der Waals surface area contributed by atoms with Gasteiger partial charge in [-0.1, -0.05) is 18.2 Å². The summed E-state index contributed by atoms with van der Waals surface area (Å²) in [5, 5.41) is 9.33. The Morgan fingerprint density at radius 3 is 2.81 bits per heavy atom. The summed E-state index contributed by atoms with van der Waals surface area (Å²) in [6.45, 7) is 1.41. The molecule has 1 amide bonds. The SMILES string of the molecule is CSC1(C#N)CCN(C(=O)C2CSc3ccccc32)CC1. The van der Waals surface area contributed by atoms with Crippen molar-refractivity contribution in [2.45, 2.75) is 28.4 Å². The first kappa shape index (κ1) is 14.8. The van der Waals surface area contributed by atoms with Gasteiger partial charge in [-0.25, -0.2) is 0 Å². The van der Waals surface area contributed by atoms with Crippen LogP contribution in [-0.2, 0) is 4.79 Å². The zero-order valence-electron chi connectivity index (χ0n) is 12.0. The maximum atomic E-state index is 12.8. The van der Waals surface area contributed by atoms with Crippen molar-refractivity contribution >= 4 is 29.4 Å². The highest BCUT2D eigenvalue weighted by Gasteiger charge is 2.38. The molecular weight excluding hydrogens is 300 g/mol. The first-order valence-corrected chi connectivity index (χ1v) is 9.37. The molecule has 2 aliphatic heterocycles. The second-order valence-corrected chi connectivity index (χ2v) is 7.79. The van der Waals surface area contributed by atoms with Crippen molar-refractivity contribution in [3.63, 3.8) is 0 Å². The van der Waals surface area contributed by atoms with Crippen LogP contribution >= 0.6 is 23.5 Å². The molecule has 1 aromatic rings. The Morgan fingerprint density at radius 1 is 1.43 bits per heavy atom. The van der Waals surface area contributed by atoms with Crippen molar-refractivity contribution in [3.8, 4) is 6.07 Å². The number of likely N-dealkylation sites (tertiary alicyclic amines) is 1. The molecule has 21 heavy (non-hydrogen) atoms. The van der Waals surface area contributed by atoms with Crippen molar-refractivity contribution in [1.29, 1.82) is 5.26 Å². The second-order valence-electron chi connectivity index (χ2n) is 5.54. The number of rotatable bonds is 2. The molecule has 0 N–H and O–H groups in total. The number of piperidine rings is 1. The number of hydrogen-bond acceptors (Lipinski definition) is 4. The molecule has 3 rings (SSSR count). The average Bonchev–Trinajstić information content (AvgIpc) is 2.98. The summed E-state index contributed by atoms with van der Waals surface area (Å²) >= 11 is 3.40. The lowest BCUT2D eigenvalue weighted by atomic mass is 9.94. The lowest BCUT2D eigenvalue weighted by molar-refractivity contribution is -0.133. The minimum Gasteiger partial charge on any atom is -0.342 e. The zero-order valence-corrected chi connectivity index (χ0v) is 13.7. The summed E-state index contributed by atoms with van der Waals surface area (Å²) in [5.41, 5.74) is 1.18. The lowest BCUT2D eigenvalue weighted by Gasteiger charge is -2.37. The number of fused-ring (bicyclic) bond motifs is 1. The maximum Gasteiger partial charge on any atom is 0.231 e. The van der Waals surface area contributed by atoms with E-state index in [1.54, 1.807) is 23.5 Å². The van der Waals surface area contributed by atoms with E-state index in [4.69, 9.17) is 0 Å². The zero-order chi connectivity index (χ0) is 14.9. The molecule has 0 bridgehead atoms. The molecule has 0 aliphatic carbocycles. The predicted octanol–water partition coefficient (Wildman–Crippen LogP) is 3.12. The summed E-state index contributed by atoms with van der Waals surface area (Å²) < 4.78 is -0.293. The van der Waals surface area contributed by atoms with Gasteiger partial charge in [-0.05, 0) is 30.7 Å². The highest BCUT2D eigenvalue weighted by atomic mass is 32.2. The molecule has 1 atom stereocenters. The van der Waals surface area contributed by atoms with E-state index in [1.165, 1.54) is 10.5 Å². The number of thioether (sulfide) groups is 2. The van der Waals surface area contributed by atoms with Crippen molar-refractivity contribution in [1.82, 2.24) is 4.90 Å². The number of carbonyl (C=O) groups excluding carboxylic acids is 1. The highest BCUT2D eigenvalue weighted by molar-refractivity contribution is 8.00. The van der Waals surface area contributed by atoms with E-state index >= 15 is 0 Å². The maximum absolute atomic E-state index is 12.8. The fraction of sp³-hybridized carbons (Fsp3) is 0.500.